The zero-order valence-corrected chi connectivity index (χ0v) is 24.5. The van der Waals surface area contributed by atoms with E-state index >= 15 is 0 Å². The summed E-state index contributed by atoms with van der Waals surface area (Å²) in [6, 6.07) is 15.4. The van der Waals surface area contributed by atoms with Crippen LogP contribution in [0.2, 0.25) is 0 Å². The Balaban J connectivity index is 1.71. The van der Waals surface area contributed by atoms with Crippen LogP contribution in [0.5, 0.6) is 0 Å². The number of carboxylic acid groups (broad SMARTS) is 1. The van der Waals surface area contributed by atoms with Gasteiger partial charge in [-0.2, -0.15) is 5.21 Å². The van der Waals surface area contributed by atoms with Gasteiger partial charge in [0, 0.05) is 12.1 Å². The minimum absolute atomic E-state index is 0.0778. The van der Waals surface area contributed by atoms with Gasteiger partial charge in [0.25, 0.3) is 0 Å². The predicted octanol–water partition coefficient (Wildman–Crippen LogP) is 4.45. The molecule has 1 aliphatic rings. The molecule has 1 unspecified atom stereocenters. The summed E-state index contributed by atoms with van der Waals surface area (Å²) in [6.07, 6.45) is 0.762. The van der Waals surface area contributed by atoms with Crippen LogP contribution in [-0.4, -0.2) is 71.8 Å². The monoisotopic (exact) mass is 578 g/mol. The standard InChI is InChI=1S/C30H38N6O6/c1-6-7-16-30(18-41-28(39)42-19(2)3)31-25(29(4,5)40)24(27(37)38)36(30)17-20-12-14-21(15-13-20)22-10-8-9-11-23(22)26-32-34-35-33-26/h8-15,19,31,40H,6-7,16-18H2,1-5H3,(H,37,38)(H,32,33,34,35). The first-order valence-electron chi connectivity index (χ1n) is 14.0. The number of aromatic nitrogens is 4. The van der Waals surface area contributed by atoms with E-state index in [0.29, 0.717) is 18.7 Å². The van der Waals surface area contributed by atoms with Crippen LogP contribution in [-0.2, 0) is 20.8 Å². The van der Waals surface area contributed by atoms with E-state index in [1.165, 1.54) is 13.8 Å². The Hall–Kier alpha value is -4.45. The van der Waals surface area contributed by atoms with Gasteiger partial charge in [-0.15, -0.1) is 10.2 Å². The highest BCUT2D eigenvalue weighted by atomic mass is 16.7. The molecular formula is C30H38N6O6. The molecule has 1 atom stereocenters. The summed E-state index contributed by atoms with van der Waals surface area (Å²) in [4.78, 5) is 26.8. The first-order chi connectivity index (χ1) is 19.9. The van der Waals surface area contributed by atoms with Gasteiger partial charge in [-0.1, -0.05) is 61.9 Å². The van der Waals surface area contributed by atoms with Gasteiger partial charge >= 0.3 is 12.1 Å². The van der Waals surface area contributed by atoms with E-state index in [0.717, 1.165) is 28.7 Å². The van der Waals surface area contributed by atoms with Crippen molar-refractivity contribution in [3.05, 3.63) is 65.5 Å². The zero-order chi connectivity index (χ0) is 30.5. The molecule has 12 heteroatoms. The lowest BCUT2D eigenvalue weighted by molar-refractivity contribution is -0.135. The van der Waals surface area contributed by atoms with Crippen molar-refractivity contribution >= 4 is 12.1 Å². The van der Waals surface area contributed by atoms with E-state index in [2.05, 4.69) is 25.9 Å². The van der Waals surface area contributed by atoms with Gasteiger partial charge in [0.2, 0.25) is 5.82 Å². The molecule has 12 nitrogen and oxygen atoms in total. The lowest BCUT2D eigenvalue weighted by Gasteiger charge is -2.40. The fourth-order valence-electron chi connectivity index (χ4n) is 5.04. The molecule has 0 amide bonds. The fraction of sp³-hybridized carbons (Fsp3) is 0.433. The number of carbonyl (C=O) groups is 2. The average Bonchev–Trinajstić information content (AvgIpc) is 3.58. The van der Waals surface area contributed by atoms with Crippen molar-refractivity contribution in [1.29, 1.82) is 0 Å². The van der Waals surface area contributed by atoms with Gasteiger partial charge < -0.3 is 29.9 Å². The number of aliphatic hydroxyl groups is 1. The first kappa shape index (κ1) is 30.5. The Labute approximate surface area is 244 Å². The predicted molar refractivity (Wildman–Crippen MR) is 155 cm³/mol. The van der Waals surface area contributed by atoms with Crippen molar-refractivity contribution < 1.29 is 29.3 Å². The Morgan fingerprint density at radius 1 is 1.10 bits per heavy atom. The zero-order valence-electron chi connectivity index (χ0n) is 24.5. The van der Waals surface area contributed by atoms with Crippen LogP contribution in [0.1, 0.15) is 59.4 Å². The van der Waals surface area contributed by atoms with Crippen molar-refractivity contribution in [1.82, 2.24) is 30.8 Å². The highest BCUT2D eigenvalue weighted by molar-refractivity contribution is 5.88. The maximum Gasteiger partial charge on any atom is 0.508 e. The van der Waals surface area contributed by atoms with E-state index in [-0.39, 0.29) is 30.6 Å². The molecule has 2 heterocycles. The number of hydrogen-bond acceptors (Lipinski definition) is 10. The Kier molecular flexibility index (Phi) is 9.15. The molecule has 0 radical (unpaired) electrons. The molecule has 0 aliphatic carbocycles. The molecule has 0 fully saturated rings. The number of carbonyl (C=O) groups excluding carboxylic acids is 1. The number of benzene rings is 2. The van der Waals surface area contributed by atoms with Crippen LogP contribution < -0.4 is 5.32 Å². The second-order valence-electron chi connectivity index (χ2n) is 11.1. The summed E-state index contributed by atoms with van der Waals surface area (Å²) in [5.41, 5.74) is 0.917. The summed E-state index contributed by atoms with van der Waals surface area (Å²) in [6.45, 7) is 8.49. The molecule has 0 spiro atoms. The second-order valence-corrected chi connectivity index (χ2v) is 11.1. The Morgan fingerprint density at radius 2 is 1.79 bits per heavy atom. The van der Waals surface area contributed by atoms with Crippen LogP contribution >= 0.6 is 0 Å². The quantitative estimate of drug-likeness (QED) is 0.225. The van der Waals surface area contributed by atoms with E-state index in [4.69, 9.17) is 9.47 Å². The second kappa shape index (κ2) is 12.6. The van der Waals surface area contributed by atoms with Crippen LogP contribution in [0.4, 0.5) is 4.79 Å². The molecule has 224 valence electrons. The van der Waals surface area contributed by atoms with Crippen LogP contribution in [0, 0.1) is 0 Å². The highest BCUT2D eigenvalue weighted by Crippen LogP contribution is 2.39. The van der Waals surface area contributed by atoms with Crippen molar-refractivity contribution in [3.8, 4) is 22.5 Å². The topological polar surface area (TPSA) is 163 Å². The highest BCUT2D eigenvalue weighted by Gasteiger charge is 2.51. The van der Waals surface area contributed by atoms with Crippen LogP contribution in [0.15, 0.2) is 59.9 Å². The van der Waals surface area contributed by atoms with E-state index in [1.807, 2.05) is 55.5 Å². The summed E-state index contributed by atoms with van der Waals surface area (Å²) in [5.74, 6) is -0.724. The lowest BCUT2D eigenvalue weighted by Crippen LogP contribution is -2.57. The maximum absolute atomic E-state index is 12.7. The molecule has 3 aromatic rings. The number of tetrazole rings is 1. The van der Waals surface area contributed by atoms with Gasteiger partial charge in [-0.3, -0.25) is 0 Å². The number of H-pyrrole nitrogens is 1. The molecule has 0 bridgehead atoms. The molecular weight excluding hydrogens is 540 g/mol. The van der Waals surface area contributed by atoms with Crippen molar-refractivity contribution in [2.24, 2.45) is 0 Å². The molecule has 4 rings (SSSR count). The molecule has 42 heavy (non-hydrogen) atoms. The maximum atomic E-state index is 12.7. The first-order valence-corrected chi connectivity index (χ1v) is 14.0. The van der Waals surface area contributed by atoms with E-state index < -0.39 is 23.4 Å². The third kappa shape index (κ3) is 6.71. The van der Waals surface area contributed by atoms with Crippen molar-refractivity contribution in [3.63, 3.8) is 0 Å². The molecule has 1 aromatic heterocycles. The average molecular weight is 579 g/mol. The van der Waals surface area contributed by atoms with E-state index in [9.17, 15) is 19.8 Å². The fourth-order valence-corrected chi connectivity index (χ4v) is 5.04. The molecule has 1 aliphatic heterocycles. The molecule has 0 saturated carbocycles. The molecule has 0 saturated heterocycles. The number of aromatic amines is 1. The summed E-state index contributed by atoms with van der Waals surface area (Å²) < 4.78 is 10.7. The normalized spacial score (nSPS) is 17.0. The Morgan fingerprint density at radius 3 is 2.36 bits per heavy atom. The number of ether oxygens (including phenoxy) is 2. The SMILES string of the molecule is CCCCC1(COC(=O)OC(C)C)NC(C(C)(C)O)=C(C(=O)O)N1Cc1ccc(-c2ccccc2-c2nn[nH]n2)cc1. The summed E-state index contributed by atoms with van der Waals surface area (Å²) in [7, 11) is 0. The van der Waals surface area contributed by atoms with Crippen LogP contribution in [0.25, 0.3) is 22.5 Å². The van der Waals surface area contributed by atoms with Crippen molar-refractivity contribution in [2.75, 3.05) is 6.61 Å². The van der Waals surface area contributed by atoms with Crippen molar-refractivity contribution in [2.45, 2.75) is 77.8 Å². The third-order valence-electron chi connectivity index (χ3n) is 7.02. The third-order valence-corrected chi connectivity index (χ3v) is 7.02. The summed E-state index contributed by atoms with van der Waals surface area (Å²) >= 11 is 0. The van der Waals surface area contributed by atoms with Gasteiger partial charge in [-0.25, -0.2) is 9.59 Å². The van der Waals surface area contributed by atoms with Crippen LogP contribution in [0.3, 0.4) is 0 Å². The van der Waals surface area contributed by atoms with Gasteiger partial charge in [0.05, 0.1) is 11.8 Å². The number of nitrogens with zero attached hydrogens (tertiary/aromatic N) is 4. The number of rotatable bonds is 12. The largest absolute Gasteiger partial charge is 0.508 e. The lowest BCUT2D eigenvalue weighted by atomic mass is 9.97. The van der Waals surface area contributed by atoms with Gasteiger partial charge in [-0.05, 0) is 62.4 Å². The van der Waals surface area contributed by atoms with Gasteiger partial charge in [0.15, 0.2) is 0 Å². The number of nitrogens with one attached hydrogen (secondary N) is 2. The Bertz CT molecular complexity index is 1410. The summed E-state index contributed by atoms with van der Waals surface area (Å²) in [5, 5.41) is 39.0. The smallest absolute Gasteiger partial charge is 0.477 e. The number of aliphatic carboxylic acids is 1. The minimum Gasteiger partial charge on any atom is -0.477 e. The number of unbranched alkanes of at least 4 members (excludes halogenated alkanes) is 1. The number of carboxylic acids is 1. The minimum atomic E-state index is -1.50. The number of hydrogen-bond donors (Lipinski definition) is 4. The molecule has 2 aromatic carbocycles. The van der Waals surface area contributed by atoms with E-state index in [1.54, 1.807) is 18.7 Å². The molecule has 4 N–H and O–H groups in total. The van der Waals surface area contributed by atoms with Gasteiger partial charge in [0.1, 0.15) is 23.6 Å².